The number of hydrogen-bond acceptors (Lipinski definition) is 2. The van der Waals surface area contributed by atoms with Crippen LogP contribution >= 0.6 is 11.6 Å². The third kappa shape index (κ3) is 3.84. The molecule has 0 saturated carbocycles. The fraction of sp³-hybridized carbons (Fsp3) is 0.438. The van der Waals surface area contributed by atoms with Gasteiger partial charge in [0.2, 0.25) is 0 Å². The quantitative estimate of drug-likeness (QED) is 0.697. The van der Waals surface area contributed by atoms with Crippen molar-refractivity contribution in [2.75, 3.05) is 11.9 Å². The Hall–Kier alpha value is -1.28. The Morgan fingerprint density at radius 2 is 1.95 bits per heavy atom. The largest absolute Gasteiger partial charge is 0.383 e. The molecule has 0 atom stereocenters. The number of fused-ring (bicyclic) bond motifs is 1. The van der Waals surface area contributed by atoms with Crippen molar-refractivity contribution in [3.8, 4) is 0 Å². The highest BCUT2D eigenvalue weighted by Gasteiger charge is 2.04. The minimum absolute atomic E-state index is 0.761. The Labute approximate surface area is 120 Å². The van der Waals surface area contributed by atoms with E-state index in [1.54, 1.807) is 0 Å². The molecule has 2 rings (SSSR count). The Kier molecular flexibility index (Phi) is 5.46. The monoisotopic (exact) mass is 276 g/mol. The summed E-state index contributed by atoms with van der Waals surface area (Å²) in [7, 11) is 0. The van der Waals surface area contributed by atoms with Gasteiger partial charge in [-0.2, -0.15) is 0 Å². The topological polar surface area (TPSA) is 24.9 Å². The van der Waals surface area contributed by atoms with Crippen LogP contribution in [-0.4, -0.2) is 11.5 Å². The van der Waals surface area contributed by atoms with Crippen molar-refractivity contribution >= 4 is 28.2 Å². The lowest BCUT2D eigenvalue weighted by molar-refractivity contribution is 0.645. The summed E-state index contributed by atoms with van der Waals surface area (Å²) in [6.07, 6.45) is 8.27. The molecule has 0 spiro atoms. The molecule has 0 aliphatic rings. The number of nitrogens with zero attached hydrogens (tertiary/aromatic N) is 1. The minimum atomic E-state index is 0.761. The van der Waals surface area contributed by atoms with E-state index in [0.29, 0.717) is 0 Å². The van der Waals surface area contributed by atoms with E-state index < -0.39 is 0 Å². The van der Waals surface area contributed by atoms with E-state index >= 15 is 0 Å². The number of anilines is 1. The molecule has 19 heavy (non-hydrogen) atoms. The summed E-state index contributed by atoms with van der Waals surface area (Å²) in [5.74, 6) is 0. The van der Waals surface area contributed by atoms with Gasteiger partial charge in [0.15, 0.2) is 0 Å². The van der Waals surface area contributed by atoms with Gasteiger partial charge in [-0.25, -0.2) is 0 Å². The van der Waals surface area contributed by atoms with Gasteiger partial charge in [-0.15, -0.1) is 0 Å². The van der Waals surface area contributed by atoms with Gasteiger partial charge in [0, 0.05) is 18.1 Å². The zero-order chi connectivity index (χ0) is 13.5. The number of unbranched alkanes of at least 4 members (excludes halogenated alkanes) is 4. The molecule has 1 aromatic carbocycles. The van der Waals surface area contributed by atoms with Gasteiger partial charge in [0.05, 0.1) is 16.2 Å². The van der Waals surface area contributed by atoms with E-state index in [9.17, 15) is 0 Å². The van der Waals surface area contributed by atoms with Crippen LogP contribution < -0.4 is 5.32 Å². The first kappa shape index (κ1) is 14.1. The average molecular weight is 277 g/mol. The Morgan fingerprint density at radius 1 is 1.11 bits per heavy atom. The average Bonchev–Trinajstić information content (AvgIpc) is 2.45. The normalized spacial score (nSPS) is 10.8. The van der Waals surface area contributed by atoms with Gasteiger partial charge >= 0.3 is 0 Å². The zero-order valence-corrected chi connectivity index (χ0v) is 12.2. The number of halogens is 1. The fourth-order valence-corrected chi connectivity index (χ4v) is 2.45. The van der Waals surface area contributed by atoms with Gasteiger partial charge in [0.1, 0.15) is 0 Å². The van der Waals surface area contributed by atoms with E-state index in [-0.39, 0.29) is 0 Å². The number of hydrogen-bond donors (Lipinski definition) is 1. The lowest BCUT2D eigenvalue weighted by Gasteiger charge is -2.09. The summed E-state index contributed by atoms with van der Waals surface area (Å²) in [5.41, 5.74) is 2.04. The van der Waals surface area contributed by atoms with Gasteiger partial charge in [0.25, 0.3) is 0 Å². The van der Waals surface area contributed by atoms with Gasteiger partial charge in [-0.1, -0.05) is 44.2 Å². The fourth-order valence-electron chi connectivity index (χ4n) is 2.23. The Morgan fingerprint density at radius 3 is 2.79 bits per heavy atom. The highest BCUT2D eigenvalue weighted by Crippen LogP contribution is 2.27. The maximum atomic E-state index is 6.18. The first-order chi connectivity index (χ1) is 9.33. The van der Waals surface area contributed by atoms with Crippen LogP contribution in [0.15, 0.2) is 30.5 Å². The van der Waals surface area contributed by atoms with E-state index in [0.717, 1.165) is 28.2 Å². The lowest BCUT2D eigenvalue weighted by atomic mass is 10.1. The van der Waals surface area contributed by atoms with Crippen molar-refractivity contribution in [3.63, 3.8) is 0 Å². The van der Waals surface area contributed by atoms with Crippen LogP contribution in [0, 0.1) is 0 Å². The number of rotatable bonds is 7. The second kappa shape index (κ2) is 7.34. The van der Waals surface area contributed by atoms with Crippen LogP contribution in [0.5, 0.6) is 0 Å². The van der Waals surface area contributed by atoms with E-state index in [1.165, 1.54) is 32.1 Å². The SMILES string of the molecule is CCCCCCCNc1ccc(Cl)c2cccnc12. The molecule has 0 fully saturated rings. The molecule has 0 aliphatic carbocycles. The smallest absolute Gasteiger partial charge is 0.0948 e. The molecule has 0 saturated heterocycles. The standard InChI is InChI=1S/C16H21ClN2/c1-2-3-4-5-6-11-18-15-10-9-14(17)13-8-7-12-19-16(13)15/h7-10,12,18H,2-6,11H2,1H3. The third-order valence-electron chi connectivity index (χ3n) is 3.31. The van der Waals surface area contributed by atoms with E-state index in [2.05, 4.69) is 17.2 Å². The van der Waals surface area contributed by atoms with Crippen molar-refractivity contribution in [1.82, 2.24) is 4.98 Å². The predicted molar refractivity (Wildman–Crippen MR) is 84.0 cm³/mol. The summed E-state index contributed by atoms with van der Waals surface area (Å²) in [6.45, 7) is 3.24. The number of nitrogens with one attached hydrogen (secondary N) is 1. The number of benzene rings is 1. The van der Waals surface area contributed by atoms with Crippen molar-refractivity contribution in [3.05, 3.63) is 35.5 Å². The highest BCUT2D eigenvalue weighted by atomic mass is 35.5. The van der Waals surface area contributed by atoms with Crippen molar-refractivity contribution in [1.29, 1.82) is 0 Å². The zero-order valence-electron chi connectivity index (χ0n) is 11.5. The molecule has 1 heterocycles. The van der Waals surface area contributed by atoms with Crippen molar-refractivity contribution < 1.29 is 0 Å². The second-order valence-electron chi connectivity index (χ2n) is 4.84. The summed E-state index contributed by atoms with van der Waals surface area (Å²) in [4.78, 5) is 4.42. The molecule has 0 aliphatic heterocycles. The molecule has 0 radical (unpaired) electrons. The number of pyridine rings is 1. The maximum Gasteiger partial charge on any atom is 0.0948 e. The molecule has 0 unspecified atom stereocenters. The molecule has 3 heteroatoms. The Balaban J connectivity index is 1.96. The van der Waals surface area contributed by atoms with Gasteiger partial charge < -0.3 is 5.32 Å². The predicted octanol–water partition coefficient (Wildman–Crippen LogP) is 5.27. The van der Waals surface area contributed by atoms with E-state index in [4.69, 9.17) is 11.6 Å². The van der Waals surface area contributed by atoms with Crippen LogP contribution in [0.4, 0.5) is 5.69 Å². The van der Waals surface area contributed by atoms with Crippen LogP contribution in [0.1, 0.15) is 39.0 Å². The van der Waals surface area contributed by atoms with Gasteiger partial charge in [-0.3, -0.25) is 4.98 Å². The lowest BCUT2D eigenvalue weighted by Crippen LogP contribution is -2.02. The van der Waals surface area contributed by atoms with Crippen LogP contribution in [-0.2, 0) is 0 Å². The molecular weight excluding hydrogens is 256 g/mol. The Bertz CT molecular complexity index is 525. The first-order valence-corrected chi connectivity index (χ1v) is 7.48. The molecule has 2 nitrogen and oxygen atoms in total. The maximum absolute atomic E-state index is 6.18. The molecule has 0 bridgehead atoms. The van der Waals surface area contributed by atoms with Crippen molar-refractivity contribution in [2.24, 2.45) is 0 Å². The summed E-state index contributed by atoms with van der Waals surface area (Å²) < 4.78 is 0. The third-order valence-corrected chi connectivity index (χ3v) is 3.64. The van der Waals surface area contributed by atoms with Crippen LogP contribution in [0.2, 0.25) is 5.02 Å². The second-order valence-corrected chi connectivity index (χ2v) is 5.24. The van der Waals surface area contributed by atoms with Crippen LogP contribution in [0.3, 0.4) is 0 Å². The highest BCUT2D eigenvalue weighted by molar-refractivity contribution is 6.35. The summed E-state index contributed by atoms with van der Waals surface area (Å²) in [6, 6.07) is 7.88. The summed E-state index contributed by atoms with van der Waals surface area (Å²) in [5, 5.41) is 5.25. The van der Waals surface area contributed by atoms with Gasteiger partial charge in [-0.05, 0) is 30.7 Å². The van der Waals surface area contributed by atoms with Crippen molar-refractivity contribution in [2.45, 2.75) is 39.0 Å². The van der Waals surface area contributed by atoms with E-state index in [1.807, 2.05) is 30.5 Å². The first-order valence-electron chi connectivity index (χ1n) is 7.10. The molecular formula is C16H21ClN2. The van der Waals surface area contributed by atoms with Crippen LogP contribution in [0.25, 0.3) is 10.9 Å². The molecule has 1 N–H and O–H groups in total. The summed E-state index contributed by atoms with van der Waals surface area (Å²) >= 11 is 6.18. The minimum Gasteiger partial charge on any atom is -0.383 e. The molecule has 0 amide bonds. The molecule has 2 aromatic rings. The molecule has 102 valence electrons. The molecule has 1 aromatic heterocycles. The number of aromatic nitrogens is 1.